The maximum Gasteiger partial charge on any atom is 0.207 e. The molecule has 9 heavy (non-hydrogen) atoms. The first-order valence-electron chi connectivity index (χ1n) is 2.17. The van der Waals surface area contributed by atoms with Gasteiger partial charge in [-0.05, 0) is 0 Å². The molecule has 0 saturated carbocycles. The Bertz CT molecular complexity index is 106. The van der Waals surface area contributed by atoms with Crippen molar-refractivity contribution in [2.45, 2.75) is 0 Å². The van der Waals surface area contributed by atoms with Crippen molar-refractivity contribution < 1.29 is 17.7 Å². The molecule has 0 fully saturated rings. The Morgan fingerprint density at radius 2 is 2.44 bits per heavy atom. The van der Waals surface area contributed by atoms with E-state index in [1.165, 1.54) is 0 Å². The topological polar surface area (TPSA) is 78.5 Å². The van der Waals surface area contributed by atoms with E-state index in [-0.39, 0.29) is 13.2 Å². The normalized spacial score (nSPS) is 12.6. The fraction of sp³-hybridized carbons (Fsp3) is 0.667. The van der Waals surface area contributed by atoms with Crippen LogP contribution in [0.5, 0.6) is 0 Å². The van der Waals surface area contributed by atoms with E-state index in [4.69, 9.17) is 0 Å². The molecule has 1 N–H and O–H groups in total. The van der Waals surface area contributed by atoms with Crippen LogP contribution in [0.4, 0.5) is 0 Å². The number of nitrogens with one attached hydrogen (secondary N) is 1. The van der Waals surface area contributed by atoms with Crippen LogP contribution in [0.2, 0.25) is 0 Å². The van der Waals surface area contributed by atoms with Gasteiger partial charge in [-0.25, -0.2) is 4.21 Å². The lowest BCUT2D eigenvalue weighted by atomic mass is 10.7. The average Bonchev–Trinajstić information content (AvgIpc) is 1.80. The molecule has 0 aliphatic heterocycles. The van der Waals surface area contributed by atoms with Crippen molar-refractivity contribution >= 4 is 17.8 Å². The zero-order chi connectivity index (χ0) is 7.11. The fourth-order valence-corrected chi connectivity index (χ4v) is 0.447. The summed E-state index contributed by atoms with van der Waals surface area (Å²) in [4.78, 5) is 9.53. The van der Waals surface area contributed by atoms with Crippen LogP contribution >= 0.6 is 0 Å². The second-order valence-corrected chi connectivity index (χ2v) is 1.74. The van der Waals surface area contributed by atoms with Gasteiger partial charge in [0.25, 0.3) is 0 Å². The van der Waals surface area contributed by atoms with Gasteiger partial charge in [0.15, 0.2) is 0 Å². The second kappa shape index (κ2) is 5.67. The highest BCUT2D eigenvalue weighted by molar-refractivity contribution is 7.74. The molecule has 1 amide bonds. The summed E-state index contributed by atoms with van der Waals surface area (Å²) in [5.74, 6) is 0. The third-order valence-corrected chi connectivity index (χ3v) is 0.868. The average molecular weight is 152 g/mol. The maximum absolute atomic E-state index is 9.62. The van der Waals surface area contributed by atoms with Crippen molar-refractivity contribution in [3.63, 3.8) is 0 Å². The number of carbonyl (C=O) groups excluding carboxylic acids is 1. The van der Waals surface area contributed by atoms with E-state index in [0.717, 1.165) is 0 Å². The van der Waals surface area contributed by atoms with Crippen molar-refractivity contribution in [1.82, 2.24) is 5.32 Å². The Kier molecular flexibility index (Phi) is 5.38. The smallest absolute Gasteiger partial charge is 0.207 e. The van der Waals surface area contributed by atoms with Crippen LogP contribution in [0.3, 0.4) is 0 Å². The molecule has 0 saturated heterocycles. The minimum absolute atomic E-state index is 0.0190. The third kappa shape index (κ3) is 7.54. The van der Waals surface area contributed by atoms with Gasteiger partial charge in [-0.15, -0.1) is 0 Å². The van der Waals surface area contributed by atoms with Crippen LogP contribution in [0.25, 0.3) is 0 Å². The first kappa shape index (κ1) is 8.54. The quantitative estimate of drug-likeness (QED) is 0.297. The molecular formula is C3H6NO4S-. The summed E-state index contributed by atoms with van der Waals surface area (Å²) in [6, 6.07) is 0. The molecule has 0 spiro atoms. The lowest BCUT2D eigenvalue weighted by Gasteiger charge is -2.03. The molecular weight excluding hydrogens is 146 g/mol. The van der Waals surface area contributed by atoms with Gasteiger partial charge in [0.1, 0.15) is 0 Å². The van der Waals surface area contributed by atoms with E-state index >= 15 is 0 Å². The Morgan fingerprint density at radius 1 is 1.78 bits per heavy atom. The molecule has 1 atom stereocenters. The molecule has 0 rings (SSSR count). The molecule has 0 aliphatic rings. The number of hydrogen-bond donors (Lipinski definition) is 1. The highest BCUT2D eigenvalue weighted by Crippen LogP contribution is 1.74. The van der Waals surface area contributed by atoms with Crippen LogP contribution in [0.15, 0.2) is 0 Å². The molecule has 1 unspecified atom stereocenters. The summed E-state index contributed by atoms with van der Waals surface area (Å²) in [5, 5.41) is 2.22. The van der Waals surface area contributed by atoms with Crippen molar-refractivity contribution in [3.05, 3.63) is 0 Å². The third-order valence-electron chi connectivity index (χ3n) is 0.509. The lowest BCUT2D eigenvalue weighted by molar-refractivity contribution is -0.109. The number of amides is 1. The Labute approximate surface area is 54.9 Å². The van der Waals surface area contributed by atoms with Crippen LogP contribution in [0.1, 0.15) is 0 Å². The standard InChI is InChI=1S/C3H7NO4S/c5-3-4-1-2-8-9(6)7/h3H,1-2H2,(H,4,5)(H,6,7)/p-1. The highest BCUT2D eigenvalue weighted by Gasteiger charge is 1.83. The molecule has 6 heteroatoms. The van der Waals surface area contributed by atoms with Gasteiger partial charge in [-0.2, -0.15) is 0 Å². The van der Waals surface area contributed by atoms with Crippen molar-refractivity contribution in [2.75, 3.05) is 13.2 Å². The van der Waals surface area contributed by atoms with Gasteiger partial charge in [0.05, 0.1) is 18.0 Å². The molecule has 0 aromatic carbocycles. The molecule has 54 valence electrons. The molecule has 5 nitrogen and oxygen atoms in total. The number of hydrogen-bond acceptors (Lipinski definition) is 4. The molecule has 0 bridgehead atoms. The van der Waals surface area contributed by atoms with E-state index < -0.39 is 11.4 Å². The molecule has 0 aliphatic carbocycles. The fourth-order valence-electron chi connectivity index (χ4n) is 0.228. The minimum atomic E-state index is -2.47. The lowest BCUT2D eigenvalue weighted by Crippen LogP contribution is -2.17. The van der Waals surface area contributed by atoms with Gasteiger partial charge in [0.2, 0.25) is 6.41 Å². The Morgan fingerprint density at radius 3 is 2.89 bits per heavy atom. The number of rotatable bonds is 5. The van der Waals surface area contributed by atoms with Gasteiger partial charge in [0, 0.05) is 6.54 Å². The predicted molar refractivity (Wildman–Crippen MR) is 28.9 cm³/mol. The van der Waals surface area contributed by atoms with E-state index in [9.17, 15) is 13.6 Å². The molecule has 0 radical (unpaired) electrons. The zero-order valence-corrected chi connectivity index (χ0v) is 5.35. The van der Waals surface area contributed by atoms with Crippen LogP contribution in [0, 0.1) is 0 Å². The monoisotopic (exact) mass is 152 g/mol. The summed E-state index contributed by atoms with van der Waals surface area (Å²) in [7, 11) is 0. The van der Waals surface area contributed by atoms with Gasteiger partial charge in [-0.1, -0.05) is 0 Å². The van der Waals surface area contributed by atoms with Crippen molar-refractivity contribution in [3.8, 4) is 0 Å². The molecule has 0 aromatic heterocycles. The molecule has 0 aromatic rings. The van der Waals surface area contributed by atoms with E-state index in [0.29, 0.717) is 6.41 Å². The Hall–Kier alpha value is -0.460. The molecule has 0 heterocycles. The summed E-state index contributed by atoms with van der Waals surface area (Å²) >= 11 is -2.47. The highest BCUT2D eigenvalue weighted by atomic mass is 32.2. The van der Waals surface area contributed by atoms with Crippen LogP contribution in [-0.4, -0.2) is 28.3 Å². The first-order valence-corrected chi connectivity index (χ1v) is 3.17. The van der Waals surface area contributed by atoms with Crippen LogP contribution < -0.4 is 5.32 Å². The van der Waals surface area contributed by atoms with Gasteiger partial charge < -0.3 is 9.87 Å². The summed E-state index contributed by atoms with van der Waals surface area (Å²) in [6.45, 7) is 0.187. The SMILES string of the molecule is O=CNCCOS(=O)[O-]. The van der Waals surface area contributed by atoms with E-state index in [2.05, 4.69) is 9.50 Å². The van der Waals surface area contributed by atoms with E-state index in [1.807, 2.05) is 0 Å². The first-order chi connectivity index (χ1) is 4.27. The van der Waals surface area contributed by atoms with Gasteiger partial charge in [-0.3, -0.25) is 8.98 Å². The predicted octanol–water partition coefficient (Wildman–Crippen LogP) is -1.46. The summed E-state index contributed by atoms with van der Waals surface area (Å²) in [5.41, 5.74) is 0. The maximum atomic E-state index is 9.62. The van der Waals surface area contributed by atoms with Gasteiger partial charge >= 0.3 is 0 Å². The van der Waals surface area contributed by atoms with E-state index in [1.54, 1.807) is 0 Å². The minimum Gasteiger partial charge on any atom is -0.750 e. The largest absolute Gasteiger partial charge is 0.750 e. The second-order valence-electron chi connectivity index (χ2n) is 1.10. The Balaban J connectivity index is 2.91. The summed E-state index contributed by atoms with van der Waals surface area (Å²) < 4.78 is 23.3. The van der Waals surface area contributed by atoms with Crippen molar-refractivity contribution in [1.29, 1.82) is 0 Å². The van der Waals surface area contributed by atoms with Crippen molar-refractivity contribution in [2.24, 2.45) is 0 Å². The summed E-state index contributed by atoms with van der Waals surface area (Å²) in [6.07, 6.45) is 0.469. The number of carbonyl (C=O) groups is 1. The van der Waals surface area contributed by atoms with Crippen LogP contribution in [-0.2, 0) is 20.3 Å². The zero-order valence-electron chi connectivity index (χ0n) is 4.53.